The smallest absolute Gasteiger partial charge is 0.161 e. The van der Waals surface area contributed by atoms with Gasteiger partial charge in [-0.1, -0.05) is 45.9 Å². The Hall–Kier alpha value is -1.77. The summed E-state index contributed by atoms with van der Waals surface area (Å²) in [4.78, 5) is 0. The van der Waals surface area contributed by atoms with Crippen molar-refractivity contribution >= 4 is 0 Å². The van der Waals surface area contributed by atoms with Gasteiger partial charge in [0.15, 0.2) is 5.75 Å². The second kappa shape index (κ2) is 4.48. The van der Waals surface area contributed by atoms with E-state index < -0.39 is 0 Å². The van der Waals surface area contributed by atoms with E-state index in [4.69, 9.17) is 0 Å². The lowest BCUT2D eigenvalue weighted by molar-refractivity contribution is 0.440. The monoisotopic (exact) mass is 244 g/mol. The van der Waals surface area contributed by atoms with Gasteiger partial charge < -0.3 is 5.11 Å². The molecule has 1 aromatic heterocycles. The molecule has 0 aliphatic rings. The van der Waals surface area contributed by atoms with Crippen molar-refractivity contribution in [1.82, 2.24) is 9.78 Å². The van der Waals surface area contributed by atoms with Crippen LogP contribution in [0.3, 0.4) is 0 Å². The zero-order chi connectivity index (χ0) is 13.3. The van der Waals surface area contributed by atoms with Crippen LogP contribution in [-0.2, 0) is 11.8 Å². The summed E-state index contributed by atoms with van der Waals surface area (Å²) in [6.07, 6.45) is 0.754. The molecular weight excluding hydrogens is 224 g/mol. The third-order valence-electron chi connectivity index (χ3n) is 3.00. The molecule has 0 saturated heterocycles. The number of nitrogens with zero attached hydrogens (tertiary/aromatic N) is 2. The fourth-order valence-electron chi connectivity index (χ4n) is 2.05. The zero-order valence-electron chi connectivity index (χ0n) is 11.4. The highest BCUT2D eigenvalue weighted by molar-refractivity contribution is 5.43. The first kappa shape index (κ1) is 12.7. The summed E-state index contributed by atoms with van der Waals surface area (Å²) in [6, 6.07) is 9.92. The Morgan fingerprint density at radius 2 is 1.78 bits per heavy atom. The normalized spacial score (nSPS) is 11.8. The summed E-state index contributed by atoms with van der Waals surface area (Å²) >= 11 is 0. The molecule has 0 atom stereocenters. The molecule has 3 nitrogen and oxygen atoms in total. The number of para-hydroxylation sites is 1. The van der Waals surface area contributed by atoms with E-state index in [1.165, 1.54) is 0 Å². The maximum atomic E-state index is 10.3. The molecule has 0 fully saturated rings. The fraction of sp³-hybridized carbons (Fsp3) is 0.400. The molecule has 0 amide bonds. The quantitative estimate of drug-likeness (QED) is 0.878. The SMILES string of the molecule is CCc1c(O)c(C(C)(C)C)nn1-c1ccccc1. The highest BCUT2D eigenvalue weighted by atomic mass is 16.3. The summed E-state index contributed by atoms with van der Waals surface area (Å²) in [7, 11) is 0. The molecule has 2 aromatic rings. The lowest BCUT2D eigenvalue weighted by atomic mass is 9.91. The lowest BCUT2D eigenvalue weighted by Crippen LogP contribution is -2.12. The van der Waals surface area contributed by atoms with Crippen molar-refractivity contribution in [2.45, 2.75) is 39.5 Å². The Bertz CT molecular complexity index is 536. The fourth-order valence-corrected chi connectivity index (χ4v) is 2.05. The average Bonchev–Trinajstić information content (AvgIpc) is 2.67. The molecule has 1 aromatic carbocycles. The third-order valence-corrected chi connectivity index (χ3v) is 3.00. The summed E-state index contributed by atoms with van der Waals surface area (Å²) in [5.74, 6) is 0.328. The molecule has 96 valence electrons. The van der Waals surface area contributed by atoms with Crippen LogP contribution in [0.25, 0.3) is 5.69 Å². The highest BCUT2D eigenvalue weighted by Gasteiger charge is 2.26. The molecular formula is C15H20N2O. The number of benzene rings is 1. The van der Waals surface area contributed by atoms with Crippen molar-refractivity contribution in [2.75, 3.05) is 0 Å². The van der Waals surface area contributed by atoms with Crippen LogP contribution in [0.5, 0.6) is 5.75 Å². The second-order valence-electron chi connectivity index (χ2n) is 5.49. The van der Waals surface area contributed by atoms with Crippen molar-refractivity contribution < 1.29 is 5.11 Å². The van der Waals surface area contributed by atoms with Gasteiger partial charge in [0.05, 0.1) is 11.4 Å². The molecule has 1 heterocycles. The Morgan fingerprint density at radius 1 is 1.17 bits per heavy atom. The van der Waals surface area contributed by atoms with Crippen LogP contribution < -0.4 is 0 Å². The highest BCUT2D eigenvalue weighted by Crippen LogP contribution is 2.33. The average molecular weight is 244 g/mol. The van der Waals surface area contributed by atoms with E-state index in [1.807, 2.05) is 41.9 Å². The Labute approximate surface area is 108 Å². The summed E-state index contributed by atoms with van der Waals surface area (Å²) in [6.45, 7) is 8.21. The van der Waals surface area contributed by atoms with Crippen LogP contribution in [0.1, 0.15) is 39.1 Å². The van der Waals surface area contributed by atoms with Crippen LogP contribution in [-0.4, -0.2) is 14.9 Å². The first-order chi connectivity index (χ1) is 8.45. The first-order valence-electron chi connectivity index (χ1n) is 6.32. The summed E-state index contributed by atoms with van der Waals surface area (Å²) in [5.41, 5.74) is 2.45. The van der Waals surface area contributed by atoms with Crippen molar-refractivity contribution in [1.29, 1.82) is 0 Å². The van der Waals surface area contributed by atoms with E-state index in [2.05, 4.69) is 25.9 Å². The Morgan fingerprint density at radius 3 is 2.28 bits per heavy atom. The van der Waals surface area contributed by atoms with Crippen molar-refractivity contribution in [3.05, 3.63) is 41.7 Å². The molecule has 0 saturated carbocycles. The van der Waals surface area contributed by atoms with Crippen LogP contribution in [0, 0.1) is 0 Å². The predicted molar refractivity (Wildman–Crippen MR) is 73.3 cm³/mol. The van der Waals surface area contributed by atoms with Gasteiger partial charge in [0.1, 0.15) is 5.69 Å². The van der Waals surface area contributed by atoms with E-state index >= 15 is 0 Å². The van der Waals surface area contributed by atoms with Gasteiger partial charge in [-0.05, 0) is 18.6 Å². The van der Waals surface area contributed by atoms with Crippen molar-refractivity contribution in [3.8, 4) is 11.4 Å². The van der Waals surface area contributed by atoms with Gasteiger partial charge in [0.25, 0.3) is 0 Å². The predicted octanol–water partition coefficient (Wildman–Crippen LogP) is 3.44. The van der Waals surface area contributed by atoms with Gasteiger partial charge in [-0.2, -0.15) is 5.10 Å². The van der Waals surface area contributed by atoms with Crippen LogP contribution in [0.2, 0.25) is 0 Å². The summed E-state index contributed by atoms with van der Waals surface area (Å²) in [5, 5.41) is 14.9. The van der Waals surface area contributed by atoms with Crippen molar-refractivity contribution in [2.24, 2.45) is 0 Å². The molecule has 0 unspecified atom stereocenters. The van der Waals surface area contributed by atoms with Gasteiger partial charge >= 0.3 is 0 Å². The van der Waals surface area contributed by atoms with Gasteiger partial charge in [-0.25, -0.2) is 4.68 Å². The van der Waals surface area contributed by atoms with Crippen LogP contribution >= 0.6 is 0 Å². The molecule has 0 aliphatic carbocycles. The van der Waals surface area contributed by atoms with Gasteiger partial charge in [0.2, 0.25) is 0 Å². The second-order valence-corrected chi connectivity index (χ2v) is 5.49. The zero-order valence-corrected chi connectivity index (χ0v) is 11.4. The molecule has 0 bridgehead atoms. The molecule has 3 heteroatoms. The van der Waals surface area contributed by atoms with Crippen LogP contribution in [0.15, 0.2) is 30.3 Å². The molecule has 0 radical (unpaired) electrons. The number of hydrogen-bond acceptors (Lipinski definition) is 2. The standard InChI is InChI=1S/C15H20N2O/c1-5-12-13(18)14(15(2,3)4)16-17(12)11-9-7-6-8-10-11/h6-10,18H,5H2,1-4H3. The minimum Gasteiger partial charge on any atom is -0.504 e. The molecule has 1 N–H and O–H groups in total. The van der Waals surface area contributed by atoms with E-state index in [9.17, 15) is 5.11 Å². The van der Waals surface area contributed by atoms with Crippen molar-refractivity contribution in [3.63, 3.8) is 0 Å². The van der Waals surface area contributed by atoms with E-state index in [1.54, 1.807) is 0 Å². The lowest BCUT2D eigenvalue weighted by Gasteiger charge is -2.15. The van der Waals surface area contributed by atoms with Gasteiger partial charge in [0, 0.05) is 5.41 Å². The largest absolute Gasteiger partial charge is 0.504 e. The molecule has 0 spiro atoms. The Kier molecular flexibility index (Phi) is 3.16. The van der Waals surface area contributed by atoms with Gasteiger partial charge in [-0.15, -0.1) is 0 Å². The topological polar surface area (TPSA) is 38.1 Å². The van der Waals surface area contributed by atoms with Gasteiger partial charge in [-0.3, -0.25) is 0 Å². The third kappa shape index (κ3) is 2.13. The molecule has 2 rings (SSSR count). The first-order valence-corrected chi connectivity index (χ1v) is 6.32. The number of rotatable bonds is 2. The number of aromatic nitrogens is 2. The minimum atomic E-state index is -0.159. The molecule has 0 aliphatic heterocycles. The minimum absolute atomic E-state index is 0.159. The van der Waals surface area contributed by atoms with E-state index in [0.717, 1.165) is 23.5 Å². The number of aromatic hydroxyl groups is 1. The molecule has 18 heavy (non-hydrogen) atoms. The maximum absolute atomic E-state index is 10.3. The Balaban J connectivity index is 2.62. The van der Waals surface area contributed by atoms with E-state index in [-0.39, 0.29) is 5.41 Å². The summed E-state index contributed by atoms with van der Waals surface area (Å²) < 4.78 is 1.84. The maximum Gasteiger partial charge on any atom is 0.161 e. The number of hydrogen-bond donors (Lipinski definition) is 1. The van der Waals surface area contributed by atoms with Crippen LogP contribution in [0.4, 0.5) is 0 Å². The van der Waals surface area contributed by atoms with E-state index in [0.29, 0.717) is 5.75 Å².